The number of hydrogen-bond donors (Lipinski definition) is 1. The first-order valence-corrected chi connectivity index (χ1v) is 4.30. The lowest BCUT2D eigenvalue weighted by atomic mass is 10.0. The van der Waals surface area contributed by atoms with E-state index in [0.29, 0.717) is 12.1 Å². The molecule has 0 saturated heterocycles. The first kappa shape index (κ1) is 9.82. The molecule has 1 aliphatic heterocycles. The van der Waals surface area contributed by atoms with E-state index >= 15 is 0 Å². The van der Waals surface area contributed by atoms with Crippen LogP contribution in [0.25, 0.3) is 0 Å². The summed E-state index contributed by atoms with van der Waals surface area (Å²) in [6.07, 6.45) is 8.65. The molecule has 0 aliphatic carbocycles. The van der Waals surface area contributed by atoms with Gasteiger partial charge in [0, 0.05) is 13.1 Å². The molecule has 13 heavy (non-hydrogen) atoms. The van der Waals surface area contributed by atoms with Crippen molar-refractivity contribution in [3.63, 3.8) is 0 Å². The Morgan fingerprint density at radius 3 is 3.15 bits per heavy atom. The van der Waals surface area contributed by atoms with Crippen molar-refractivity contribution in [2.45, 2.75) is 12.8 Å². The van der Waals surface area contributed by atoms with Crippen molar-refractivity contribution in [3.8, 4) is 12.3 Å². The average Bonchev–Trinajstić information content (AvgIpc) is 2.14. The highest BCUT2D eigenvalue weighted by Gasteiger charge is 2.13. The third kappa shape index (κ3) is 2.60. The Labute approximate surface area is 78.7 Å². The molecule has 1 rings (SSSR count). The summed E-state index contributed by atoms with van der Waals surface area (Å²) >= 11 is 0. The molecule has 0 bridgehead atoms. The van der Waals surface area contributed by atoms with E-state index in [2.05, 4.69) is 22.1 Å². The van der Waals surface area contributed by atoms with Crippen LogP contribution in [-0.2, 0) is 0 Å². The molecule has 0 amide bonds. The third-order valence-corrected chi connectivity index (χ3v) is 2.10. The fraction of sp³-hybridized carbons (Fsp3) is 0.500. The van der Waals surface area contributed by atoms with Crippen LogP contribution in [0.3, 0.4) is 0 Å². The topological polar surface area (TPSA) is 35.8 Å². The van der Waals surface area contributed by atoms with Gasteiger partial charge in [0.2, 0.25) is 0 Å². The van der Waals surface area contributed by atoms with Crippen LogP contribution in [-0.4, -0.2) is 36.0 Å². The van der Waals surface area contributed by atoms with Crippen molar-refractivity contribution in [3.05, 3.63) is 11.6 Å². The fourth-order valence-corrected chi connectivity index (χ4v) is 1.41. The van der Waals surface area contributed by atoms with Crippen molar-refractivity contribution in [2.24, 2.45) is 5.16 Å². The molecule has 0 aromatic rings. The molecule has 0 atom stereocenters. The van der Waals surface area contributed by atoms with Gasteiger partial charge < -0.3 is 10.1 Å². The minimum absolute atomic E-state index is 0.399. The standard InChI is InChI=1S/C10H14N2O/c1-3-5-10(11-13)9-6-4-7-12(2)8-9/h1,6,13H,4-5,7-8H2,2H3/b11-10+. The van der Waals surface area contributed by atoms with Gasteiger partial charge in [0.15, 0.2) is 0 Å². The van der Waals surface area contributed by atoms with E-state index in [-0.39, 0.29) is 0 Å². The zero-order chi connectivity index (χ0) is 9.68. The average molecular weight is 178 g/mol. The Kier molecular flexibility index (Phi) is 3.53. The molecule has 0 saturated carbocycles. The molecule has 3 nitrogen and oxygen atoms in total. The molecule has 1 aliphatic rings. The molecule has 0 aromatic heterocycles. The SMILES string of the molecule is C#CC/C(=N\O)C1=CCCN(C)C1. The van der Waals surface area contributed by atoms with Gasteiger partial charge >= 0.3 is 0 Å². The summed E-state index contributed by atoms with van der Waals surface area (Å²) < 4.78 is 0. The van der Waals surface area contributed by atoms with Crippen molar-refractivity contribution in [2.75, 3.05) is 20.1 Å². The Morgan fingerprint density at radius 2 is 2.62 bits per heavy atom. The van der Waals surface area contributed by atoms with Gasteiger partial charge in [-0.1, -0.05) is 11.2 Å². The highest BCUT2D eigenvalue weighted by molar-refractivity contribution is 6.01. The number of nitrogens with zero attached hydrogens (tertiary/aromatic N) is 2. The van der Waals surface area contributed by atoms with E-state index in [1.54, 1.807) is 0 Å². The molecule has 1 heterocycles. The maximum Gasteiger partial charge on any atom is 0.0956 e. The molecule has 0 unspecified atom stereocenters. The predicted molar refractivity (Wildman–Crippen MR) is 52.9 cm³/mol. The van der Waals surface area contributed by atoms with Crippen LogP contribution in [0.1, 0.15) is 12.8 Å². The number of hydrogen-bond acceptors (Lipinski definition) is 3. The molecule has 0 fully saturated rings. The lowest BCUT2D eigenvalue weighted by Gasteiger charge is -2.22. The van der Waals surface area contributed by atoms with Crippen molar-refractivity contribution < 1.29 is 5.21 Å². The van der Waals surface area contributed by atoms with E-state index in [1.165, 1.54) is 0 Å². The summed E-state index contributed by atoms with van der Waals surface area (Å²) in [6.45, 7) is 1.87. The van der Waals surface area contributed by atoms with Crippen molar-refractivity contribution in [1.29, 1.82) is 0 Å². The van der Waals surface area contributed by atoms with Crippen LogP contribution < -0.4 is 0 Å². The van der Waals surface area contributed by atoms with E-state index in [1.807, 2.05) is 7.05 Å². The summed E-state index contributed by atoms with van der Waals surface area (Å²) in [5.41, 5.74) is 1.67. The van der Waals surface area contributed by atoms with Crippen LogP contribution in [0.5, 0.6) is 0 Å². The van der Waals surface area contributed by atoms with Gasteiger partial charge in [-0.05, 0) is 19.0 Å². The van der Waals surface area contributed by atoms with Gasteiger partial charge in [0.05, 0.1) is 12.1 Å². The minimum atomic E-state index is 0.399. The van der Waals surface area contributed by atoms with Gasteiger partial charge in [0.25, 0.3) is 0 Å². The quantitative estimate of drug-likeness (QED) is 0.297. The van der Waals surface area contributed by atoms with E-state index in [9.17, 15) is 0 Å². The molecule has 3 heteroatoms. The van der Waals surface area contributed by atoms with Crippen LogP contribution in [0.15, 0.2) is 16.8 Å². The van der Waals surface area contributed by atoms with Crippen LogP contribution >= 0.6 is 0 Å². The summed E-state index contributed by atoms with van der Waals surface area (Å²) in [6, 6.07) is 0. The maximum absolute atomic E-state index is 8.73. The lowest BCUT2D eigenvalue weighted by Crippen LogP contribution is -2.28. The maximum atomic E-state index is 8.73. The molecule has 0 radical (unpaired) electrons. The summed E-state index contributed by atoms with van der Waals surface area (Å²) in [7, 11) is 2.04. The fourth-order valence-electron chi connectivity index (χ4n) is 1.41. The van der Waals surface area contributed by atoms with Crippen LogP contribution in [0, 0.1) is 12.3 Å². The van der Waals surface area contributed by atoms with Crippen LogP contribution in [0.2, 0.25) is 0 Å². The largest absolute Gasteiger partial charge is 0.411 e. The Bertz CT molecular complexity index is 273. The lowest BCUT2D eigenvalue weighted by molar-refractivity contribution is 0.316. The summed E-state index contributed by atoms with van der Waals surface area (Å²) in [5, 5.41) is 11.9. The summed E-state index contributed by atoms with van der Waals surface area (Å²) in [4.78, 5) is 2.18. The first-order valence-electron chi connectivity index (χ1n) is 4.30. The van der Waals surface area contributed by atoms with Gasteiger partial charge in [-0.3, -0.25) is 0 Å². The normalized spacial score (nSPS) is 19.4. The Morgan fingerprint density at radius 1 is 1.85 bits per heavy atom. The molecule has 0 aromatic carbocycles. The molecular formula is C10H14N2O. The number of likely N-dealkylation sites (N-methyl/N-ethyl adjacent to an activating group) is 1. The zero-order valence-electron chi connectivity index (χ0n) is 7.82. The van der Waals surface area contributed by atoms with Gasteiger partial charge in [0.1, 0.15) is 0 Å². The molecule has 0 spiro atoms. The highest BCUT2D eigenvalue weighted by atomic mass is 16.4. The monoisotopic (exact) mass is 178 g/mol. The molecule has 1 N–H and O–H groups in total. The second kappa shape index (κ2) is 4.68. The number of terminal acetylenes is 1. The second-order valence-electron chi connectivity index (χ2n) is 3.18. The number of oxime groups is 1. The van der Waals surface area contributed by atoms with E-state index in [0.717, 1.165) is 25.1 Å². The van der Waals surface area contributed by atoms with E-state index in [4.69, 9.17) is 11.6 Å². The van der Waals surface area contributed by atoms with Crippen molar-refractivity contribution in [1.82, 2.24) is 4.90 Å². The zero-order valence-corrected chi connectivity index (χ0v) is 7.82. The second-order valence-corrected chi connectivity index (χ2v) is 3.18. The smallest absolute Gasteiger partial charge is 0.0956 e. The van der Waals surface area contributed by atoms with Gasteiger partial charge in [-0.15, -0.1) is 12.3 Å². The van der Waals surface area contributed by atoms with E-state index < -0.39 is 0 Å². The summed E-state index contributed by atoms with van der Waals surface area (Å²) in [5.74, 6) is 2.48. The van der Waals surface area contributed by atoms with Crippen molar-refractivity contribution >= 4 is 5.71 Å². The minimum Gasteiger partial charge on any atom is -0.411 e. The van der Waals surface area contributed by atoms with Gasteiger partial charge in [-0.2, -0.15) is 0 Å². The molecule has 70 valence electrons. The predicted octanol–water partition coefficient (Wildman–Crippen LogP) is 1.10. The Hall–Kier alpha value is -1.27. The van der Waals surface area contributed by atoms with Gasteiger partial charge in [-0.25, -0.2) is 0 Å². The molecular weight excluding hydrogens is 164 g/mol. The first-order chi connectivity index (χ1) is 6.27. The highest BCUT2D eigenvalue weighted by Crippen LogP contribution is 2.11. The third-order valence-electron chi connectivity index (χ3n) is 2.10. The number of rotatable bonds is 2. The van der Waals surface area contributed by atoms with Crippen LogP contribution in [0.4, 0.5) is 0 Å². The Balaban J connectivity index is 2.70.